The maximum absolute atomic E-state index is 5.81. The molecule has 1 aromatic heterocycles. The molecule has 5 nitrogen and oxygen atoms in total. The summed E-state index contributed by atoms with van der Waals surface area (Å²) in [7, 11) is 0. The van der Waals surface area contributed by atoms with Gasteiger partial charge < -0.3 is 16.4 Å². The van der Waals surface area contributed by atoms with Gasteiger partial charge in [-0.05, 0) is 43.1 Å². The third kappa shape index (κ3) is 4.41. The number of aromatic nitrogens is 2. The van der Waals surface area contributed by atoms with Gasteiger partial charge in [-0.1, -0.05) is 43.7 Å². The molecule has 1 aliphatic rings. The highest BCUT2D eigenvalue weighted by Gasteiger charge is 2.33. The molecule has 0 radical (unpaired) electrons. The van der Waals surface area contributed by atoms with Crippen molar-refractivity contribution in [3.8, 4) is 0 Å². The second-order valence-corrected chi connectivity index (χ2v) is 7.19. The van der Waals surface area contributed by atoms with Crippen LogP contribution in [0.5, 0.6) is 0 Å². The predicted octanol–water partition coefficient (Wildman–Crippen LogP) is 3.66. The van der Waals surface area contributed by atoms with Crippen molar-refractivity contribution in [3.63, 3.8) is 0 Å². The number of nitrogens with zero attached hydrogens (tertiary/aromatic N) is 3. The fourth-order valence-corrected chi connectivity index (χ4v) is 3.94. The van der Waals surface area contributed by atoms with Crippen molar-refractivity contribution in [2.45, 2.75) is 45.4 Å². The normalized spacial score (nSPS) is 16.8. The van der Waals surface area contributed by atoms with E-state index < -0.39 is 0 Å². The molecule has 1 fully saturated rings. The van der Waals surface area contributed by atoms with Crippen molar-refractivity contribution < 1.29 is 0 Å². The van der Waals surface area contributed by atoms with Crippen LogP contribution in [0.1, 0.15) is 44.6 Å². The van der Waals surface area contributed by atoms with Crippen LogP contribution in [0, 0.1) is 5.41 Å². The van der Waals surface area contributed by atoms with E-state index in [2.05, 4.69) is 52.1 Å². The van der Waals surface area contributed by atoms with Crippen LogP contribution in [-0.2, 0) is 6.42 Å². The second-order valence-electron chi connectivity index (χ2n) is 7.19. The summed E-state index contributed by atoms with van der Waals surface area (Å²) in [4.78, 5) is 10.6. The number of aryl methyl sites for hydroxylation is 1. The summed E-state index contributed by atoms with van der Waals surface area (Å²) in [5, 5.41) is 0. The molecule has 1 saturated heterocycles. The van der Waals surface area contributed by atoms with Gasteiger partial charge in [0, 0.05) is 19.2 Å². The van der Waals surface area contributed by atoms with Crippen molar-refractivity contribution in [1.82, 2.24) is 9.97 Å². The summed E-state index contributed by atoms with van der Waals surface area (Å²) < 4.78 is 0. The first-order valence-electron chi connectivity index (χ1n) is 9.29. The Balaban J connectivity index is 1.56. The largest absolute Gasteiger partial charge is 0.383 e. The maximum atomic E-state index is 5.81. The lowest BCUT2D eigenvalue weighted by atomic mass is 9.72. The number of piperidine rings is 1. The standard InChI is InChI=1S/C20H29N5/c1-2-20(10-6-9-16-7-4-3-5-8-16)11-13-25(14-12-20)18-15-17(21)23-19(22)24-18/h3-5,7-8,15H,2,6,9-14H2,1H3,(H4,21,22,23,24). The second kappa shape index (κ2) is 7.72. The first kappa shape index (κ1) is 17.5. The van der Waals surface area contributed by atoms with Crippen LogP contribution < -0.4 is 16.4 Å². The number of hydrogen-bond acceptors (Lipinski definition) is 5. The van der Waals surface area contributed by atoms with Crippen LogP contribution in [0.2, 0.25) is 0 Å². The van der Waals surface area contributed by atoms with Crippen LogP contribution >= 0.6 is 0 Å². The van der Waals surface area contributed by atoms with Gasteiger partial charge >= 0.3 is 0 Å². The zero-order valence-electron chi connectivity index (χ0n) is 15.1. The van der Waals surface area contributed by atoms with Gasteiger partial charge in [0.15, 0.2) is 0 Å². The molecule has 0 saturated carbocycles. The Morgan fingerprint density at radius 2 is 1.80 bits per heavy atom. The Morgan fingerprint density at radius 1 is 1.08 bits per heavy atom. The smallest absolute Gasteiger partial charge is 0.223 e. The summed E-state index contributed by atoms with van der Waals surface area (Å²) in [6.45, 7) is 4.35. The van der Waals surface area contributed by atoms with Crippen LogP contribution in [0.3, 0.4) is 0 Å². The third-order valence-corrected chi connectivity index (χ3v) is 5.66. The molecule has 0 amide bonds. The summed E-state index contributed by atoms with van der Waals surface area (Å²) in [5.74, 6) is 1.56. The molecule has 0 spiro atoms. The van der Waals surface area contributed by atoms with E-state index in [-0.39, 0.29) is 5.95 Å². The molecule has 0 unspecified atom stereocenters. The first-order valence-corrected chi connectivity index (χ1v) is 9.29. The highest BCUT2D eigenvalue weighted by Crippen LogP contribution is 2.40. The van der Waals surface area contributed by atoms with Gasteiger partial charge in [0.05, 0.1) is 0 Å². The Kier molecular flexibility index (Phi) is 5.41. The Hall–Kier alpha value is -2.30. The lowest BCUT2D eigenvalue weighted by Crippen LogP contribution is -2.40. The topological polar surface area (TPSA) is 81.1 Å². The molecular formula is C20H29N5. The molecule has 1 aliphatic heterocycles. The van der Waals surface area contributed by atoms with E-state index in [4.69, 9.17) is 11.5 Å². The fourth-order valence-electron chi connectivity index (χ4n) is 3.94. The minimum Gasteiger partial charge on any atom is -0.383 e. The van der Waals surface area contributed by atoms with Crippen LogP contribution in [0.4, 0.5) is 17.6 Å². The van der Waals surface area contributed by atoms with Gasteiger partial charge in [-0.15, -0.1) is 0 Å². The monoisotopic (exact) mass is 339 g/mol. The SMILES string of the molecule is CCC1(CCCc2ccccc2)CCN(c2cc(N)nc(N)n2)CC1. The Morgan fingerprint density at radius 3 is 2.44 bits per heavy atom. The highest BCUT2D eigenvalue weighted by atomic mass is 15.2. The number of nitrogen functional groups attached to an aromatic ring is 2. The summed E-state index contributed by atoms with van der Waals surface area (Å²) >= 11 is 0. The summed E-state index contributed by atoms with van der Waals surface area (Å²) in [6.07, 6.45) is 7.35. The molecule has 4 N–H and O–H groups in total. The van der Waals surface area contributed by atoms with Crippen molar-refractivity contribution >= 4 is 17.6 Å². The van der Waals surface area contributed by atoms with Gasteiger partial charge in [-0.2, -0.15) is 9.97 Å². The van der Waals surface area contributed by atoms with E-state index in [0.29, 0.717) is 11.2 Å². The number of hydrogen-bond donors (Lipinski definition) is 2. The Bertz CT molecular complexity index is 657. The lowest BCUT2D eigenvalue weighted by Gasteiger charge is -2.42. The third-order valence-electron chi connectivity index (χ3n) is 5.66. The van der Waals surface area contributed by atoms with Gasteiger partial charge in [-0.3, -0.25) is 0 Å². The molecule has 5 heteroatoms. The maximum Gasteiger partial charge on any atom is 0.223 e. The van der Waals surface area contributed by atoms with Crippen LogP contribution in [0.25, 0.3) is 0 Å². The minimum atomic E-state index is 0.255. The zero-order chi connectivity index (χ0) is 17.7. The molecule has 0 aliphatic carbocycles. The molecule has 2 heterocycles. The average Bonchev–Trinajstić information content (AvgIpc) is 2.62. The fraction of sp³-hybridized carbons (Fsp3) is 0.500. The number of benzene rings is 1. The molecule has 2 aromatic rings. The summed E-state index contributed by atoms with van der Waals surface area (Å²) in [6, 6.07) is 12.6. The predicted molar refractivity (Wildman–Crippen MR) is 104 cm³/mol. The van der Waals surface area contributed by atoms with E-state index in [1.165, 1.54) is 44.1 Å². The minimum absolute atomic E-state index is 0.255. The average molecular weight is 339 g/mol. The van der Waals surface area contributed by atoms with Crippen molar-refractivity contribution in [2.24, 2.45) is 5.41 Å². The van der Waals surface area contributed by atoms with Crippen molar-refractivity contribution in [3.05, 3.63) is 42.0 Å². The molecule has 25 heavy (non-hydrogen) atoms. The molecule has 1 aromatic carbocycles. The molecule has 0 bridgehead atoms. The van der Waals surface area contributed by atoms with Crippen LogP contribution in [0.15, 0.2) is 36.4 Å². The van der Waals surface area contributed by atoms with Gasteiger partial charge in [0.2, 0.25) is 5.95 Å². The van der Waals surface area contributed by atoms with Crippen molar-refractivity contribution in [2.75, 3.05) is 29.5 Å². The first-order chi connectivity index (χ1) is 12.1. The van der Waals surface area contributed by atoms with E-state index in [1.54, 1.807) is 0 Å². The quantitative estimate of drug-likeness (QED) is 0.839. The summed E-state index contributed by atoms with van der Waals surface area (Å²) in [5.41, 5.74) is 13.4. The Labute approximate surface area is 150 Å². The van der Waals surface area contributed by atoms with Gasteiger partial charge in [-0.25, -0.2) is 0 Å². The zero-order valence-corrected chi connectivity index (χ0v) is 15.1. The molecule has 3 rings (SSSR count). The molecule has 0 atom stereocenters. The van der Waals surface area contributed by atoms with Gasteiger partial charge in [0.25, 0.3) is 0 Å². The number of rotatable bonds is 6. The number of nitrogens with two attached hydrogens (primary N) is 2. The van der Waals surface area contributed by atoms with Gasteiger partial charge in [0.1, 0.15) is 11.6 Å². The van der Waals surface area contributed by atoms with E-state index in [9.17, 15) is 0 Å². The lowest BCUT2D eigenvalue weighted by molar-refractivity contribution is 0.185. The molecular weight excluding hydrogens is 310 g/mol. The van der Waals surface area contributed by atoms with E-state index in [0.717, 1.165) is 18.9 Å². The van der Waals surface area contributed by atoms with Crippen molar-refractivity contribution in [1.29, 1.82) is 0 Å². The van der Waals surface area contributed by atoms with Crippen LogP contribution in [-0.4, -0.2) is 23.1 Å². The highest BCUT2D eigenvalue weighted by molar-refractivity contribution is 5.50. The molecule has 134 valence electrons. The van der Waals surface area contributed by atoms with E-state index in [1.807, 2.05) is 6.07 Å². The number of anilines is 3. The van der Waals surface area contributed by atoms with E-state index >= 15 is 0 Å².